The summed E-state index contributed by atoms with van der Waals surface area (Å²) in [6.07, 6.45) is 1.27. The van der Waals surface area contributed by atoms with Gasteiger partial charge in [-0.05, 0) is 52.8 Å². The number of fused-ring (bicyclic) bond motifs is 2. The van der Waals surface area contributed by atoms with E-state index in [9.17, 15) is 4.79 Å². The number of nitrogens with one attached hydrogen (secondary N) is 1. The number of amides is 1. The van der Waals surface area contributed by atoms with Gasteiger partial charge in [-0.1, -0.05) is 11.6 Å². The number of rotatable bonds is 1. The summed E-state index contributed by atoms with van der Waals surface area (Å²) < 4.78 is 12.7. The highest BCUT2D eigenvalue weighted by Crippen LogP contribution is 2.50. The van der Waals surface area contributed by atoms with E-state index in [0.29, 0.717) is 13.2 Å². The molecule has 1 unspecified atom stereocenters. The molecular formula is C18H27ClN2O3S. The van der Waals surface area contributed by atoms with Gasteiger partial charge in [0.25, 0.3) is 0 Å². The van der Waals surface area contributed by atoms with Gasteiger partial charge in [-0.15, -0.1) is 11.3 Å². The lowest BCUT2D eigenvalue weighted by Crippen LogP contribution is -2.54. The van der Waals surface area contributed by atoms with Crippen molar-refractivity contribution in [1.82, 2.24) is 10.2 Å². The van der Waals surface area contributed by atoms with Crippen LogP contribution in [0.3, 0.4) is 0 Å². The molecule has 2 aliphatic rings. The van der Waals surface area contributed by atoms with E-state index in [1.807, 2.05) is 32.7 Å². The maximum atomic E-state index is 12.5. The molecule has 0 aliphatic carbocycles. The van der Waals surface area contributed by atoms with Gasteiger partial charge in [0.2, 0.25) is 0 Å². The van der Waals surface area contributed by atoms with Crippen LogP contribution in [0.15, 0.2) is 6.07 Å². The summed E-state index contributed by atoms with van der Waals surface area (Å²) in [7, 11) is 1.94. The summed E-state index contributed by atoms with van der Waals surface area (Å²) in [6, 6.07) is 2.27. The van der Waals surface area contributed by atoms with Crippen LogP contribution in [0.2, 0.25) is 4.34 Å². The summed E-state index contributed by atoms with van der Waals surface area (Å²) in [4.78, 5) is 15.5. The molecule has 1 fully saturated rings. The van der Waals surface area contributed by atoms with Gasteiger partial charge in [0.05, 0.1) is 17.0 Å². The summed E-state index contributed by atoms with van der Waals surface area (Å²) in [5, 5.41) is 3.30. The van der Waals surface area contributed by atoms with Crippen LogP contribution in [0.4, 0.5) is 4.79 Å². The Morgan fingerprint density at radius 1 is 1.52 bits per heavy atom. The van der Waals surface area contributed by atoms with Crippen LogP contribution in [0.5, 0.6) is 0 Å². The van der Waals surface area contributed by atoms with Crippen molar-refractivity contribution in [3.63, 3.8) is 0 Å². The van der Waals surface area contributed by atoms with Crippen molar-refractivity contribution in [2.75, 3.05) is 20.2 Å². The minimum Gasteiger partial charge on any atom is -0.444 e. The van der Waals surface area contributed by atoms with Gasteiger partial charge in [-0.25, -0.2) is 4.79 Å². The Hall–Kier alpha value is -0.820. The third-order valence-electron chi connectivity index (χ3n) is 4.94. The molecule has 2 aliphatic heterocycles. The Morgan fingerprint density at radius 3 is 2.84 bits per heavy atom. The highest BCUT2D eigenvalue weighted by atomic mass is 35.5. The monoisotopic (exact) mass is 386 g/mol. The maximum Gasteiger partial charge on any atom is 0.410 e. The maximum absolute atomic E-state index is 12.5. The smallest absolute Gasteiger partial charge is 0.410 e. The number of nitrogens with zero attached hydrogens (tertiary/aromatic N) is 1. The molecule has 1 N–H and O–H groups in total. The third-order valence-corrected chi connectivity index (χ3v) is 6.40. The van der Waals surface area contributed by atoms with E-state index in [1.165, 1.54) is 10.4 Å². The first-order valence-corrected chi connectivity index (χ1v) is 9.95. The number of piperidine rings is 1. The van der Waals surface area contributed by atoms with Gasteiger partial charge in [0, 0.05) is 23.9 Å². The Kier molecular flexibility index (Phi) is 5.10. The lowest BCUT2D eigenvalue weighted by Gasteiger charge is -2.48. The number of carbonyl (C=O) groups excluding carboxylic acids is 1. The minimum absolute atomic E-state index is 0.0449. The summed E-state index contributed by atoms with van der Waals surface area (Å²) in [5.41, 5.74) is 0.404. The molecule has 0 aromatic carbocycles. The number of halogens is 1. The van der Waals surface area contributed by atoms with E-state index in [0.717, 1.165) is 17.2 Å². The highest BCUT2D eigenvalue weighted by Gasteiger charge is 2.48. The molecule has 1 aromatic rings. The lowest BCUT2D eigenvalue weighted by atomic mass is 9.81. The third kappa shape index (κ3) is 3.68. The van der Waals surface area contributed by atoms with Crippen molar-refractivity contribution in [3.8, 4) is 0 Å². The molecule has 140 valence electrons. The summed E-state index contributed by atoms with van der Waals surface area (Å²) in [6.45, 7) is 8.98. The van der Waals surface area contributed by atoms with E-state index < -0.39 is 5.60 Å². The molecule has 0 radical (unpaired) electrons. The van der Waals surface area contributed by atoms with Gasteiger partial charge >= 0.3 is 6.09 Å². The van der Waals surface area contributed by atoms with Gasteiger partial charge < -0.3 is 19.7 Å². The second-order valence-electron chi connectivity index (χ2n) is 7.96. The first-order chi connectivity index (χ1) is 11.6. The Labute approximate surface area is 158 Å². The summed E-state index contributed by atoms with van der Waals surface area (Å²) >= 11 is 7.92. The highest BCUT2D eigenvalue weighted by molar-refractivity contribution is 7.16. The molecule has 3 atom stereocenters. The molecule has 1 spiro atoms. The molecule has 3 rings (SSSR count). The number of likely N-dealkylation sites (N-methyl/N-ethyl adjacent to an activating group) is 1. The number of ether oxygens (including phenoxy) is 2. The van der Waals surface area contributed by atoms with Crippen LogP contribution >= 0.6 is 22.9 Å². The number of hydrogen-bond donors (Lipinski definition) is 1. The van der Waals surface area contributed by atoms with E-state index in [2.05, 4.69) is 18.3 Å². The average Bonchev–Trinajstić information content (AvgIpc) is 2.89. The van der Waals surface area contributed by atoms with E-state index in [4.69, 9.17) is 21.1 Å². The fraction of sp³-hybridized carbons (Fsp3) is 0.722. The molecule has 1 amide bonds. The van der Waals surface area contributed by atoms with Gasteiger partial charge in [0.1, 0.15) is 11.2 Å². The van der Waals surface area contributed by atoms with Gasteiger partial charge in [-0.3, -0.25) is 0 Å². The second-order valence-corrected chi connectivity index (χ2v) is 9.64. The van der Waals surface area contributed by atoms with Crippen LogP contribution < -0.4 is 5.32 Å². The van der Waals surface area contributed by atoms with Crippen LogP contribution in [0, 0.1) is 0 Å². The van der Waals surface area contributed by atoms with Crippen molar-refractivity contribution in [3.05, 3.63) is 20.8 Å². The molecule has 5 nitrogen and oxygen atoms in total. The van der Waals surface area contributed by atoms with Gasteiger partial charge in [0.15, 0.2) is 0 Å². The predicted molar refractivity (Wildman–Crippen MR) is 100 cm³/mol. The van der Waals surface area contributed by atoms with Crippen molar-refractivity contribution >= 4 is 29.0 Å². The molecular weight excluding hydrogens is 360 g/mol. The zero-order valence-electron chi connectivity index (χ0n) is 15.5. The molecule has 3 heterocycles. The number of likely N-dealkylation sites (tertiary alicyclic amines) is 1. The van der Waals surface area contributed by atoms with E-state index >= 15 is 0 Å². The molecule has 7 heteroatoms. The van der Waals surface area contributed by atoms with Crippen molar-refractivity contribution in [2.45, 2.75) is 63.8 Å². The SMILES string of the molecule is CNC1CO[C@@]2(CCN(C(=O)OC(C)(C)C)[C@@H](C)C2)c2sc(Cl)cc21. The Bertz CT molecular complexity index is 657. The van der Waals surface area contributed by atoms with Crippen LogP contribution in [0.1, 0.15) is 57.0 Å². The normalized spacial score (nSPS) is 29.6. The van der Waals surface area contributed by atoms with Crippen molar-refractivity contribution in [2.24, 2.45) is 0 Å². The molecule has 0 bridgehead atoms. The molecule has 1 aromatic heterocycles. The first kappa shape index (κ1) is 19.0. The number of thiophene rings is 1. The van der Waals surface area contributed by atoms with Crippen molar-refractivity contribution < 1.29 is 14.3 Å². The van der Waals surface area contributed by atoms with E-state index in [-0.39, 0.29) is 23.8 Å². The second kappa shape index (κ2) is 6.72. The molecule has 25 heavy (non-hydrogen) atoms. The zero-order valence-corrected chi connectivity index (χ0v) is 17.1. The van der Waals surface area contributed by atoms with E-state index in [1.54, 1.807) is 11.3 Å². The summed E-state index contributed by atoms with van der Waals surface area (Å²) in [5.74, 6) is 0. The fourth-order valence-electron chi connectivity index (χ4n) is 3.77. The standard InChI is InChI=1S/C18H27ClN2O3S/c1-11-9-18(6-7-21(11)16(22)24-17(2,3)4)15-12(8-14(19)25-15)13(20-5)10-23-18/h8,11,13,20H,6-7,9-10H2,1-5H3/t11-,13?,18+/m0/s1. The molecule has 1 saturated heterocycles. The number of carbonyl (C=O) groups is 1. The first-order valence-electron chi connectivity index (χ1n) is 8.76. The van der Waals surface area contributed by atoms with Gasteiger partial charge in [-0.2, -0.15) is 0 Å². The van der Waals surface area contributed by atoms with Crippen molar-refractivity contribution in [1.29, 1.82) is 0 Å². The molecule has 0 saturated carbocycles. The quantitative estimate of drug-likeness (QED) is 0.781. The topological polar surface area (TPSA) is 50.8 Å². The Balaban J connectivity index is 1.81. The average molecular weight is 387 g/mol. The van der Waals surface area contributed by atoms with Crippen LogP contribution in [-0.4, -0.2) is 42.8 Å². The largest absolute Gasteiger partial charge is 0.444 e. The Morgan fingerprint density at radius 2 is 2.24 bits per heavy atom. The van der Waals surface area contributed by atoms with Crippen LogP contribution in [-0.2, 0) is 15.1 Å². The fourth-order valence-corrected chi connectivity index (χ4v) is 5.24. The lowest BCUT2D eigenvalue weighted by molar-refractivity contribution is -0.116. The minimum atomic E-state index is -0.484. The number of hydrogen-bond acceptors (Lipinski definition) is 5. The zero-order chi connectivity index (χ0) is 18.4. The van der Waals surface area contributed by atoms with Crippen LogP contribution in [0.25, 0.3) is 0 Å². The predicted octanol–water partition coefficient (Wildman–Crippen LogP) is 4.31.